The molecule has 2 rings (SSSR count). The zero-order valence-electron chi connectivity index (χ0n) is 8.63. The third-order valence-electron chi connectivity index (χ3n) is 2.35. The molecular formula is C10H15N3. The summed E-state index contributed by atoms with van der Waals surface area (Å²) in [5.74, 6) is 2.13. The van der Waals surface area contributed by atoms with Crippen LogP contribution in [0, 0.1) is 0 Å². The summed E-state index contributed by atoms with van der Waals surface area (Å²) in [4.78, 5) is 8.87. The number of aromatic nitrogens is 2. The van der Waals surface area contributed by atoms with Crippen molar-refractivity contribution in [3.63, 3.8) is 0 Å². The molecule has 0 unspecified atom stereocenters. The molecule has 1 aromatic rings. The lowest BCUT2D eigenvalue weighted by Gasteiger charge is -2.14. The Morgan fingerprint density at radius 3 is 2.62 bits per heavy atom. The third-order valence-corrected chi connectivity index (χ3v) is 2.35. The van der Waals surface area contributed by atoms with E-state index in [2.05, 4.69) is 41.5 Å². The Morgan fingerprint density at radius 1 is 1.38 bits per heavy atom. The van der Waals surface area contributed by atoms with Gasteiger partial charge in [0.1, 0.15) is 11.7 Å². The van der Waals surface area contributed by atoms with Crippen LogP contribution in [0.4, 0.5) is 0 Å². The smallest absolute Gasteiger partial charge is 0.136 e. The molecule has 2 heterocycles. The molecular weight excluding hydrogens is 162 g/mol. The van der Waals surface area contributed by atoms with Crippen molar-refractivity contribution >= 4 is 5.84 Å². The summed E-state index contributed by atoms with van der Waals surface area (Å²) in [6.07, 6.45) is 2.10. The summed E-state index contributed by atoms with van der Waals surface area (Å²) >= 11 is 0. The van der Waals surface area contributed by atoms with Gasteiger partial charge in [0.15, 0.2) is 0 Å². The van der Waals surface area contributed by atoms with Gasteiger partial charge in [0, 0.05) is 11.6 Å². The monoisotopic (exact) mass is 177 g/mol. The SMILES string of the molecule is CC1=NCc2nc(C(C)(C)C)cn21. The van der Waals surface area contributed by atoms with Gasteiger partial charge >= 0.3 is 0 Å². The summed E-state index contributed by atoms with van der Waals surface area (Å²) in [6, 6.07) is 0. The van der Waals surface area contributed by atoms with Crippen LogP contribution in [0.5, 0.6) is 0 Å². The van der Waals surface area contributed by atoms with Crippen LogP contribution < -0.4 is 0 Å². The fraction of sp³-hybridized carbons (Fsp3) is 0.600. The van der Waals surface area contributed by atoms with E-state index in [0.29, 0.717) is 0 Å². The van der Waals surface area contributed by atoms with Gasteiger partial charge in [-0.1, -0.05) is 20.8 Å². The average molecular weight is 177 g/mol. The molecule has 0 aliphatic carbocycles. The van der Waals surface area contributed by atoms with Crippen LogP contribution in [-0.4, -0.2) is 15.4 Å². The predicted molar refractivity (Wildman–Crippen MR) is 53.1 cm³/mol. The number of aliphatic imine (C=N–C) groups is 1. The lowest BCUT2D eigenvalue weighted by Crippen LogP contribution is -2.12. The Balaban J connectivity index is 2.46. The Labute approximate surface area is 78.5 Å². The molecule has 0 saturated heterocycles. The van der Waals surface area contributed by atoms with E-state index >= 15 is 0 Å². The van der Waals surface area contributed by atoms with Crippen molar-refractivity contribution in [3.05, 3.63) is 17.7 Å². The van der Waals surface area contributed by atoms with Gasteiger partial charge in [-0.3, -0.25) is 9.56 Å². The maximum atomic E-state index is 4.56. The van der Waals surface area contributed by atoms with Crippen molar-refractivity contribution in [2.75, 3.05) is 0 Å². The number of imidazole rings is 1. The Kier molecular flexibility index (Phi) is 1.59. The predicted octanol–water partition coefficient (Wildman–Crippen LogP) is 1.96. The molecule has 3 nitrogen and oxygen atoms in total. The maximum Gasteiger partial charge on any atom is 0.136 e. The van der Waals surface area contributed by atoms with Crippen LogP contribution in [0.15, 0.2) is 11.2 Å². The van der Waals surface area contributed by atoms with E-state index in [1.54, 1.807) is 0 Å². The highest BCUT2D eigenvalue weighted by molar-refractivity contribution is 5.84. The molecule has 70 valence electrons. The normalized spacial score (nSPS) is 15.8. The van der Waals surface area contributed by atoms with Crippen LogP contribution >= 0.6 is 0 Å². The number of hydrogen-bond acceptors (Lipinski definition) is 2. The van der Waals surface area contributed by atoms with Gasteiger partial charge in [-0.2, -0.15) is 0 Å². The van der Waals surface area contributed by atoms with E-state index in [9.17, 15) is 0 Å². The molecule has 0 aromatic carbocycles. The molecule has 13 heavy (non-hydrogen) atoms. The zero-order chi connectivity index (χ0) is 9.64. The molecule has 0 saturated carbocycles. The van der Waals surface area contributed by atoms with Gasteiger partial charge in [0.25, 0.3) is 0 Å². The van der Waals surface area contributed by atoms with Gasteiger partial charge in [-0.05, 0) is 6.92 Å². The first-order valence-corrected chi connectivity index (χ1v) is 4.58. The summed E-state index contributed by atoms with van der Waals surface area (Å²) in [5, 5.41) is 0. The number of hydrogen-bond donors (Lipinski definition) is 0. The first-order chi connectivity index (χ1) is 5.98. The second-order valence-electron chi connectivity index (χ2n) is 4.53. The molecule has 0 bridgehead atoms. The van der Waals surface area contributed by atoms with Crippen LogP contribution in [0.2, 0.25) is 0 Å². The fourth-order valence-corrected chi connectivity index (χ4v) is 1.43. The minimum atomic E-state index is 0.137. The molecule has 0 amide bonds. The Bertz CT molecular complexity index is 366. The van der Waals surface area contributed by atoms with Crippen molar-refractivity contribution < 1.29 is 0 Å². The fourth-order valence-electron chi connectivity index (χ4n) is 1.43. The molecule has 0 spiro atoms. The van der Waals surface area contributed by atoms with Crippen molar-refractivity contribution in [1.82, 2.24) is 9.55 Å². The van der Waals surface area contributed by atoms with E-state index in [0.717, 1.165) is 23.9 Å². The topological polar surface area (TPSA) is 30.2 Å². The molecule has 0 atom stereocenters. The highest BCUT2D eigenvalue weighted by Crippen LogP contribution is 2.23. The summed E-state index contributed by atoms with van der Waals surface area (Å²) < 4.78 is 2.08. The lowest BCUT2D eigenvalue weighted by atomic mass is 9.93. The Hall–Kier alpha value is -1.12. The van der Waals surface area contributed by atoms with Gasteiger partial charge in [0.05, 0.1) is 12.2 Å². The minimum absolute atomic E-state index is 0.137. The number of fused-ring (bicyclic) bond motifs is 1. The highest BCUT2D eigenvalue weighted by atomic mass is 15.2. The lowest BCUT2D eigenvalue weighted by molar-refractivity contribution is 0.570. The van der Waals surface area contributed by atoms with Crippen LogP contribution in [0.1, 0.15) is 39.2 Å². The number of rotatable bonds is 0. The van der Waals surface area contributed by atoms with Crippen LogP contribution in [0.25, 0.3) is 0 Å². The third kappa shape index (κ3) is 1.28. The minimum Gasteiger partial charge on any atom is -0.290 e. The molecule has 1 aliphatic heterocycles. The van der Waals surface area contributed by atoms with Gasteiger partial charge in [-0.15, -0.1) is 0 Å². The van der Waals surface area contributed by atoms with Crippen LogP contribution in [-0.2, 0) is 12.0 Å². The van der Waals surface area contributed by atoms with Crippen molar-refractivity contribution in [1.29, 1.82) is 0 Å². The summed E-state index contributed by atoms with van der Waals surface area (Å²) in [6.45, 7) is 9.29. The summed E-state index contributed by atoms with van der Waals surface area (Å²) in [5.41, 5.74) is 1.29. The standard InChI is InChI=1S/C10H15N3/c1-7-11-5-9-12-8(6-13(7)9)10(2,3)4/h6H,5H2,1-4H3. The average Bonchev–Trinajstić information content (AvgIpc) is 2.51. The molecule has 1 aromatic heterocycles. The van der Waals surface area contributed by atoms with Crippen molar-refractivity contribution in [2.45, 2.75) is 39.7 Å². The van der Waals surface area contributed by atoms with Gasteiger partial charge in [0.2, 0.25) is 0 Å². The van der Waals surface area contributed by atoms with E-state index in [-0.39, 0.29) is 5.41 Å². The second kappa shape index (κ2) is 2.44. The van der Waals surface area contributed by atoms with E-state index in [1.165, 1.54) is 0 Å². The maximum absolute atomic E-state index is 4.56. The molecule has 0 N–H and O–H groups in total. The van der Waals surface area contributed by atoms with Gasteiger partial charge in [-0.25, -0.2) is 4.98 Å². The first kappa shape index (κ1) is 8.48. The summed E-state index contributed by atoms with van der Waals surface area (Å²) in [7, 11) is 0. The molecule has 3 heteroatoms. The van der Waals surface area contributed by atoms with E-state index in [4.69, 9.17) is 0 Å². The second-order valence-corrected chi connectivity index (χ2v) is 4.53. The van der Waals surface area contributed by atoms with Crippen molar-refractivity contribution in [2.24, 2.45) is 4.99 Å². The largest absolute Gasteiger partial charge is 0.290 e. The quantitative estimate of drug-likeness (QED) is 0.595. The van der Waals surface area contributed by atoms with E-state index in [1.807, 2.05) is 6.92 Å². The zero-order valence-corrected chi connectivity index (χ0v) is 8.63. The Morgan fingerprint density at radius 2 is 2.08 bits per heavy atom. The molecule has 0 fully saturated rings. The number of nitrogens with zero attached hydrogens (tertiary/aromatic N) is 3. The van der Waals surface area contributed by atoms with Gasteiger partial charge < -0.3 is 0 Å². The molecule has 0 radical (unpaired) electrons. The first-order valence-electron chi connectivity index (χ1n) is 4.58. The van der Waals surface area contributed by atoms with E-state index < -0.39 is 0 Å². The highest BCUT2D eigenvalue weighted by Gasteiger charge is 2.22. The van der Waals surface area contributed by atoms with Crippen LogP contribution in [0.3, 0.4) is 0 Å². The molecule has 1 aliphatic rings. The van der Waals surface area contributed by atoms with Crippen molar-refractivity contribution in [3.8, 4) is 0 Å².